The summed E-state index contributed by atoms with van der Waals surface area (Å²) in [6.45, 7) is 3.59. The molecule has 1 aromatic heterocycles. The summed E-state index contributed by atoms with van der Waals surface area (Å²) >= 11 is 1.50. The van der Waals surface area contributed by atoms with Crippen molar-refractivity contribution in [2.45, 2.75) is 6.42 Å². The number of rotatable bonds is 2. The molecule has 0 unspecified atom stereocenters. The van der Waals surface area contributed by atoms with Crippen molar-refractivity contribution in [3.8, 4) is 0 Å². The van der Waals surface area contributed by atoms with Crippen molar-refractivity contribution in [3.05, 3.63) is 29.2 Å². The molecule has 0 aliphatic heterocycles. The maximum atomic E-state index is 3.93. The van der Waals surface area contributed by atoms with E-state index < -0.39 is 0 Å². The first-order valence-electron chi connectivity index (χ1n) is 2.35. The summed E-state index contributed by atoms with van der Waals surface area (Å²) in [5, 5.41) is 1.97. The van der Waals surface area contributed by atoms with E-state index in [1.54, 1.807) is 0 Å². The average Bonchev–Trinajstić information content (AvgIpc) is 2.19. The van der Waals surface area contributed by atoms with Crippen LogP contribution in [-0.4, -0.2) is 4.98 Å². The second kappa shape index (κ2) is 2.62. The van der Waals surface area contributed by atoms with Gasteiger partial charge in [-0.05, 0) is 0 Å². The molecule has 1 rings (SSSR count). The number of hydrogen-bond donors (Lipinski definition) is 0. The fourth-order valence-electron chi connectivity index (χ4n) is 0.447. The number of nitrogens with zero attached hydrogens (tertiary/aromatic N) is 1. The molecule has 0 aromatic carbocycles. The fourth-order valence-corrected chi connectivity index (χ4v) is 0.955. The summed E-state index contributed by atoms with van der Waals surface area (Å²) in [5.74, 6) is 0. The van der Waals surface area contributed by atoms with Crippen molar-refractivity contribution >= 4 is 11.3 Å². The van der Waals surface area contributed by atoms with Gasteiger partial charge in [0, 0.05) is 11.8 Å². The zero-order valence-corrected chi connectivity index (χ0v) is 5.24. The van der Waals surface area contributed by atoms with E-state index in [1.807, 2.05) is 11.5 Å². The van der Waals surface area contributed by atoms with Crippen LogP contribution in [0.2, 0.25) is 0 Å². The molecule has 0 fully saturated rings. The van der Waals surface area contributed by atoms with Crippen molar-refractivity contribution < 1.29 is 0 Å². The van der Waals surface area contributed by atoms with Crippen molar-refractivity contribution in [2.24, 2.45) is 0 Å². The molecule has 0 amide bonds. The highest BCUT2D eigenvalue weighted by atomic mass is 32.1. The van der Waals surface area contributed by atoms with E-state index >= 15 is 0 Å². The molecule has 0 spiro atoms. The van der Waals surface area contributed by atoms with Gasteiger partial charge in [0.2, 0.25) is 0 Å². The van der Waals surface area contributed by atoms with Crippen molar-refractivity contribution in [2.75, 3.05) is 0 Å². The normalized spacial score (nSPS) is 9.00. The molecule has 1 heterocycles. The molecule has 8 heavy (non-hydrogen) atoms. The third-order valence-corrected chi connectivity index (χ3v) is 1.38. The number of aromatic nitrogens is 1. The van der Waals surface area contributed by atoms with Gasteiger partial charge in [-0.1, -0.05) is 6.08 Å². The maximum Gasteiger partial charge on any atom is 0.152 e. The molecular formula is C6H6NS. The first-order chi connectivity index (χ1) is 3.93. The molecule has 41 valence electrons. The summed E-state index contributed by atoms with van der Waals surface area (Å²) in [4.78, 5) is 3.93. The highest BCUT2D eigenvalue weighted by molar-refractivity contribution is 7.07. The summed E-state index contributed by atoms with van der Waals surface area (Å²) in [6.07, 6.45) is 2.70. The highest BCUT2D eigenvalue weighted by Gasteiger charge is 1.87. The molecule has 2 heteroatoms. The molecule has 0 saturated carbocycles. The zero-order chi connectivity index (χ0) is 5.82. The Morgan fingerprint density at radius 3 is 3.38 bits per heavy atom. The number of allylic oxidation sites excluding steroid dienone is 1. The van der Waals surface area contributed by atoms with E-state index in [2.05, 4.69) is 17.1 Å². The van der Waals surface area contributed by atoms with Gasteiger partial charge in [0.15, 0.2) is 5.51 Å². The Hall–Kier alpha value is -0.630. The van der Waals surface area contributed by atoms with E-state index in [4.69, 9.17) is 0 Å². The monoisotopic (exact) mass is 124 g/mol. The van der Waals surface area contributed by atoms with Gasteiger partial charge >= 0.3 is 0 Å². The van der Waals surface area contributed by atoms with Crippen LogP contribution in [0.4, 0.5) is 0 Å². The topological polar surface area (TPSA) is 12.9 Å². The Morgan fingerprint density at radius 2 is 2.88 bits per heavy atom. The summed E-state index contributed by atoms with van der Waals surface area (Å²) in [7, 11) is 0. The second-order valence-corrected chi connectivity index (χ2v) is 2.08. The maximum absolute atomic E-state index is 3.93. The lowest BCUT2D eigenvalue weighted by Crippen LogP contribution is -1.75. The third-order valence-electron chi connectivity index (χ3n) is 0.790. The lowest BCUT2D eigenvalue weighted by Gasteiger charge is -1.79. The van der Waals surface area contributed by atoms with Gasteiger partial charge in [-0.3, -0.25) is 0 Å². The van der Waals surface area contributed by atoms with E-state index in [9.17, 15) is 0 Å². The predicted octanol–water partition coefficient (Wildman–Crippen LogP) is 1.67. The zero-order valence-electron chi connectivity index (χ0n) is 4.42. The molecule has 1 aromatic rings. The van der Waals surface area contributed by atoms with Crippen molar-refractivity contribution in [1.29, 1.82) is 0 Å². The molecule has 1 nitrogen and oxygen atoms in total. The summed E-state index contributed by atoms with van der Waals surface area (Å²) in [5.41, 5.74) is 3.82. The molecular weight excluding hydrogens is 118 g/mol. The van der Waals surface area contributed by atoms with Gasteiger partial charge in [-0.25, -0.2) is 4.98 Å². The molecule has 0 N–H and O–H groups in total. The van der Waals surface area contributed by atoms with Crippen LogP contribution >= 0.6 is 11.3 Å². The molecule has 0 aliphatic rings. The minimum absolute atomic E-state index is 0.861. The van der Waals surface area contributed by atoms with Crippen LogP contribution in [0.5, 0.6) is 0 Å². The quantitative estimate of drug-likeness (QED) is 0.546. The van der Waals surface area contributed by atoms with Crippen LogP contribution in [0.25, 0.3) is 0 Å². The average molecular weight is 124 g/mol. The minimum atomic E-state index is 0.861. The van der Waals surface area contributed by atoms with Crippen LogP contribution in [0.15, 0.2) is 18.0 Å². The Labute approximate surface area is 52.7 Å². The largest absolute Gasteiger partial charge is 0.238 e. The Balaban J connectivity index is 2.62. The summed E-state index contributed by atoms with van der Waals surface area (Å²) < 4.78 is 0. The van der Waals surface area contributed by atoms with Gasteiger partial charge in [0.25, 0.3) is 0 Å². The lowest BCUT2D eigenvalue weighted by atomic mass is 10.3. The van der Waals surface area contributed by atoms with Crippen LogP contribution in [0.1, 0.15) is 5.69 Å². The van der Waals surface area contributed by atoms with E-state index in [1.165, 1.54) is 11.3 Å². The van der Waals surface area contributed by atoms with E-state index in [0.717, 1.165) is 12.1 Å². The van der Waals surface area contributed by atoms with Crippen LogP contribution in [0.3, 0.4) is 0 Å². The fraction of sp³-hybridized carbons (Fsp3) is 0.167. The van der Waals surface area contributed by atoms with Gasteiger partial charge in [-0.2, -0.15) is 0 Å². The Morgan fingerprint density at radius 1 is 2.00 bits per heavy atom. The highest BCUT2D eigenvalue weighted by Crippen LogP contribution is 1.99. The second-order valence-electron chi connectivity index (χ2n) is 1.42. The SMILES string of the molecule is C=CCc1cs[c]n1. The van der Waals surface area contributed by atoms with Crippen LogP contribution < -0.4 is 0 Å². The van der Waals surface area contributed by atoms with Gasteiger partial charge in [-0.15, -0.1) is 17.9 Å². The van der Waals surface area contributed by atoms with Gasteiger partial charge in [0.05, 0.1) is 5.69 Å². The van der Waals surface area contributed by atoms with Gasteiger partial charge < -0.3 is 0 Å². The molecule has 0 bridgehead atoms. The molecule has 0 atom stereocenters. The summed E-state index contributed by atoms with van der Waals surface area (Å²) in [6, 6.07) is 0. The minimum Gasteiger partial charge on any atom is -0.238 e. The predicted molar refractivity (Wildman–Crippen MR) is 34.9 cm³/mol. The van der Waals surface area contributed by atoms with E-state index in [0.29, 0.717) is 0 Å². The standard InChI is InChI=1S/C6H6NS/c1-2-3-6-4-8-5-7-6/h2,4H,1,3H2. The first-order valence-corrected chi connectivity index (χ1v) is 3.23. The Bertz CT molecular complexity index is 155. The molecule has 0 aliphatic carbocycles. The first kappa shape index (κ1) is 5.51. The Kier molecular flexibility index (Phi) is 1.80. The third kappa shape index (κ3) is 1.17. The lowest BCUT2D eigenvalue weighted by molar-refractivity contribution is 1.15. The molecule has 1 radical (unpaired) electrons. The van der Waals surface area contributed by atoms with Crippen LogP contribution in [0, 0.1) is 5.51 Å². The number of thiazole rings is 1. The van der Waals surface area contributed by atoms with E-state index in [-0.39, 0.29) is 0 Å². The smallest absolute Gasteiger partial charge is 0.152 e. The van der Waals surface area contributed by atoms with Gasteiger partial charge in [0.1, 0.15) is 0 Å². The molecule has 0 saturated heterocycles. The van der Waals surface area contributed by atoms with Crippen molar-refractivity contribution in [3.63, 3.8) is 0 Å². The number of hydrogen-bond acceptors (Lipinski definition) is 2. The van der Waals surface area contributed by atoms with Crippen molar-refractivity contribution in [1.82, 2.24) is 4.98 Å². The van der Waals surface area contributed by atoms with Crippen LogP contribution in [-0.2, 0) is 6.42 Å².